The summed E-state index contributed by atoms with van der Waals surface area (Å²) in [5, 5.41) is 4.75. The first-order chi connectivity index (χ1) is 17.3. The highest BCUT2D eigenvalue weighted by molar-refractivity contribution is 7.90. The van der Waals surface area contributed by atoms with Gasteiger partial charge in [-0.2, -0.15) is 5.10 Å². The van der Waals surface area contributed by atoms with Gasteiger partial charge in [0, 0.05) is 25.5 Å². The highest BCUT2D eigenvalue weighted by Gasteiger charge is 2.25. The van der Waals surface area contributed by atoms with Crippen molar-refractivity contribution >= 4 is 26.7 Å². The minimum absolute atomic E-state index is 0.0170. The smallest absolute Gasteiger partial charge is 0.228 e. The van der Waals surface area contributed by atoms with Crippen molar-refractivity contribution in [3.8, 4) is 11.6 Å². The van der Waals surface area contributed by atoms with Crippen molar-refractivity contribution in [3.05, 3.63) is 66.6 Å². The number of pyridine rings is 1. The largest absolute Gasteiger partial charge is 0.474 e. The predicted molar refractivity (Wildman–Crippen MR) is 128 cm³/mol. The number of fused-ring (bicyclic) bond motifs is 1. The van der Waals surface area contributed by atoms with Crippen molar-refractivity contribution in [1.82, 2.24) is 29.6 Å². The van der Waals surface area contributed by atoms with Gasteiger partial charge < -0.3 is 4.74 Å². The number of carbonyl (C=O) groups excluding carboxylic acids is 1. The number of Topliss-reactive ketones (excluding diaryl/α,β-unsaturated/α-hetero) is 1. The van der Waals surface area contributed by atoms with Gasteiger partial charge in [0.2, 0.25) is 5.88 Å². The fraction of sp³-hybridized carbons (Fsp3) is 0.292. The normalized spacial score (nSPS) is 15.3. The summed E-state index contributed by atoms with van der Waals surface area (Å²) < 4.78 is 45.6. The third kappa shape index (κ3) is 4.95. The number of hydrogen-bond donors (Lipinski definition) is 0. The molecule has 0 amide bonds. The van der Waals surface area contributed by atoms with Crippen LogP contribution in [-0.2, 0) is 9.84 Å². The van der Waals surface area contributed by atoms with E-state index in [4.69, 9.17) is 4.74 Å². The van der Waals surface area contributed by atoms with Crippen molar-refractivity contribution < 1.29 is 22.3 Å². The number of aromatic nitrogens is 5. The molecule has 0 saturated carbocycles. The third-order valence-corrected chi connectivity index (χ3v) is 7.15. The molecular formula is C24H23FN6O4S. The number of benzene rings is 1. The van der Waals surface area contributed by atoms with Crippen LogP contribution in [0, 0.1) is 5.82 Å². The van der Waals surface area contributed by atoms with Crippen LogP contribution in [0.15, 0.2) is 60.0 Å². The van der Waals surface area contributed by atoms with Gasteiger partial charge in [0.25, 0.3) is 0 Å². The Morgan fingerprint density at radius 3 is 2.64 bits per heavy atom. The highest BCUT2D eigenvalue weighted by Crippen LogP contribution is 2.27. The number of hydrogen-bond acceptors (Lipinski definition) is 9. The molecular weight excluding hydrogens is 487 g/mol. The summed E-state index contributed by atoms with van der Waals surface area (Å²) in [4.78, 5) is 27.0. The SMILES string of the molecule is CS(=O)(=O)c1ccc(-n2ncc3c(OC4CCN(CC(=O)c5ccccn5)CC4)ncnc32)c(F)c1. The Kier molecular flexibility index (Phi) is 6.46. The summed E-state index contributed by atoms with van der Waals surface area (Å²) in [6, 6.07) is 8.92. The van der Waals surface area contributed by atoms with Crippen LogP contribution in [0.1, 0.15) is 23.3 Å². The maximum absolute atomic E-state index is 14.7. The van der Waals surface area contributed by atoms with Crippen LogP contribution in [0.3, 0.4) is 0 Å². The zero-order chi connectivity index (χ0) is 25.3. The number of piperidine rings is 1. The lowest BCUT2D eigenvalue weighted by atomic mass is 10.1. The number of nitrogens with zero attached hydrogens (tertiary/aromatic N) is 6. The zero-order valence-electron chi connectivity index (χ0n) is 19.4. The molecule has 10 nitrogen and oxygen atoms in total. The average Bonchev–Trinajstić information content (AvgIpc) is 3.30. The molecule has 3 aromatic heterocycles. The van der Waals surface area contributed by atoms with Gasteiger partial charge in [0.1, 0.15) is 35.0 Å². The number of carbonyl (C=O) groups is 1. The van der Waals surface area contributed by atoms with Gasteiger partial charge in [0.05, 0.1) is 17.6 Å². The molecule has 4 aromatic rings. The third-order valence-electron chi connectivity index (χ3n) is 6.04. The zero-order valence-corrected chi connectivity index (χ0v) is 20.2. The molecule has 12 heteroatoms. The van der Waals surface area contributed by atoms with Crippen molar-refractivity contribution in [2.24, 2.45) is 0 Å². The lowest BCUT2D eigenvalue weighted by Crippen LogP contribution is -2.41. The molecule has 1 saturated heterocycles. The number of rotatable bonds is 7. The average molecular weight is 511 g/mol. The van der Waals surface area contributed by atoms with Crippen LogP contribution in [0.4, 0.5) is 4.39 Å². The Balaban J connectivity index is 1.28. The van der Waals surface area contributed by atoms with Gasteiger partial charge in [-0.15, -0.1) is 0 Å². The molecule has 0 atom stereocenters. The molecule has 0 aliphatic carbocycles. The summed E-state index contributed by atoms with van der Waals surface area (Å²) >= 11 is 0. The topological polar surface area (TPSA) is 120 Å². The molecule has 0 N–H and O–H groups in total. The van der Waals surface area contributed by atoms with E-state index in [0.29, 0.717) is 55.1 Å². The molecule has 0 unspecified atom stereocenters. The molecule has 0 spiro atoms. The van der Waals surface area contributed by atoms with Gasteiger partial charge in [0.15, 0.2) is 21.3 Å². The summed E-state index contributed by atoms with van der Waals surface area (Å²) in [6.45, 7) is 1.68. The number of ether oxygens (including phenoxy) is 1. The molecule has 1 fully saturated rings. The van der Waals surface area contributed by atoms with Gasteiger partial charge in [-0.1, -0.05) is 6.07 Å². The van der Waals surface area contributed by atoms with Gasteiger partial charge in [-0.05, 0) is 43.2 Å². The Morgan fingerprint density at radius 2 is 1.94 bits per heavy atom. The van der Waals surface area contributed by atoms with Crippen LogP contribution in [0.2, 0.25) is 0 Å². The van der Waals surface area contributed by atoms with E-state index in [1.165, 1.54) is 29.3 Å². The second-order valence-corrected chi connectivity index (χ2v) is 10.6. The molecule has 36 heavy (non-hydrogen) atoms. The van der Waals surface area contributed by atoms with Gasteiger partial charge in [-0.3, -0.25) is 14.7 Å². The highest BCUT2D eigenvalue weighted by atomic mass is 32.2. The van der Waals surface area contributed by atoms with E-state index in [2.05, 4.69) is 25.0 Å². The van der Waals surface area contributed by atoms with E-state index >= 15 is 0 Å². The second kappa shape index (κ2) is 9.70. The number of halogens is 1. The van der Waals surface area contributed by atoms with Gasteiger partial charge >= 0.3 is 0 Å². The summed E-state index contributed by atoms with van der Waals surface area (Å²) in [5.74, 6) is -0.421. The summed E-state index contributed by atoms with van der Waals surface area (Å²) in [7, 11) is -3.54. The van der Waals surface area contributed by atoms with Crippen molar-refractivity contribution in [2.75, 3.05) is 25.9 Å². The van der Waals surface area contributed by atoms with E-state index in [0.717, 1.165) is 12.3 Å². The molecule has 1 aliphatic heterocycles. The maximum Gasteiger partial charge on any atom is 0.228 e. The number of sulfone groups is 1. The Morgan fingerprint density at radius 1 is 1.14 bits per heavy atom. The first-order valence-corrected chi connectivity index (χ1v) is 13.2. The van der Waals surface area contributed by atoms with E-state index in [1.807, 2.05) is 0 Å². The summed E-state index contributed by atoms with van der Waals surface area (Å²) in [5.41, 5.74) is 0.857. The van der Waals surface area contributed by atoms with E-state index in [9.17, 15) is 17.6 Å². The van der Waals surface area contributed by atoms with Crippen LogP contribution in [0.5, 0.6) is 5.88 Å². The lowest BCUT2D eigenvalue weighted by molar-refractivity contribution is 0.0779. The standard InChI is InChI=1S/C24H23FN6O4S/c1-36(33,34)17-5-6-21(19(25)12-17)31-23-18(13-29-31)24(28-15-27-23)35-16-7-10-30(11-8-16)14-22(32)20-4-2-3-9-26-20/h2-6,9,12-13,15-16H,7-8,10-11,14H2,1H3. The van der Waals surface area contributed by atoms with Gasteiger partial charge in [-0.25, -0.2) is 27.5 Å². The first kappa shape index (κ1) is 23.9. The molecule has 1 aromatic carbocycles. The minimum atomic E-state index is -3.54. The van der Waals surface area contributed by atoms with Crippen LogP contribution >= 0.6 is 0 Å². The monoisotopic (exact) mass is 510 g/mol. The van der Waals surface area contributed by atoms with Crippen molar-refractivity contribution in [2.45, 2.75) is 23.8 Å². The summed E-state index contributed by atoms with van der Waals surface area (Å²) in [6.07, 6.45) is 6.74. The van der Waals surface area contributed by atoms with Crippen LogP contribution in [0.25, 0.3) is 16.7 Å². The van der Waals surface area contributed by atoms with Crippen molar-refractivity contribution in [1.29, 1.82) is 0 Å². The molecule has 0 radical (unpaired) electrons. The Labute approximate surface area is 206 Å². The quantitative estimate of drug-likeness (QED) is 0.345. The number of likely N-dealkylation sites (tertiary alicyclic amines) is 1. The fourth-order valence-corrected chi connectivity index (χ4v) is 4.77. The molecule has 186 valence electrons. The Hall–Kier alpha value is -3.77. The molecule has 4 heterocycles. The van der Waals surface area contributed by atoms with Crippen LogP contribution < -0.4 is 4.74 Å². The van der Waals surface area contributed by atoms with E-state index < -0.39 is 15.7 Å². The molecule has 5 rings (SSSR count). The maximum atomic E-state index is 14.7. The molecule has 0 bridgehead atoms. The lowest BCUT2D eigenvalue weighted by Gasteiger charge is -2.31. The Bertz CT molecular complexity index is 1520. The minimum Gasteiger partial charge on any atom is -0.474 e. The van der Waals surface area contributed by atoms with Crippen LogP contribution in [-0.4, -0.2) is 75.8 Å². The number of ketones is 1. The fourth-order valence-electron chi connectivity index (χ4n) is 4.14. The molecule has 1 aliphatic rings. The van der Waals surface area contributed by atoms with E-state index in [1.54, 1.807) is 24.4 Å². The second-order valence-electron chi connectivity index (χ2n) is 8.59. The first-order valence-electron chi connectivity index (χ1n) is 11.3. The van der Waals surface area contributed by atoms with E-state index in [-0.39, 0.29) is 22.5 Å². The predicted octanol–water partition coefficient (Wildman–Crippen LogP) is 2.48. The van der Waals surface area contributed by atoms with Crippen molar-refractivity contribution in [3.63, 3.8) is 0 Å².